The number of unbranched alkanes of at least 4 members (excludes halogenated alkanes) is 3. The minimum Gasteiger partial charge on any atom is -0.494 e. The van der Waals surface area contributed by atoms with Gasteiger partial charge in [0, 0.05) is 19.7 Å². The molecule has 0 aliphatic carbocycles. The average molecular weight is 285 g/mol. The molecule has 4 heteroatoms. The van der Waals surface area contributed by atoms with E-state index in [1.807, 2.05) is 38.4 Å². The van der Waals surface area contributed by atoms with Gasteiger partial charge in [-0.1, -0.05) is 26.2 Å². The number of hydrogen-bond donors (Lipinski definition) is 1. The van der Waals surface area contributed by atoms with Crippen molar-refractivity contribution in [3.05, 3.63) is 29.8 Å². The SMILES string of the molecule is CCCCCCOc1ccc(C(=N)N(C)C)cc1.Cl. The second kappa shape index (κ2) is 9.68. The van der Waals surface area contributed by atoms with Gasteiger partial charge in [0.1, 0.15) is 11.6 Å². The van der Waals surface area contributed by atoms with Crippen LogP contribution in [-0.4, -0.2) is 31.4 Å². The summed E-state index contributed by atoms with van der Waals surface area (Å²) < 4.78 is 5.66. The summed E-state index contributed by atoms with van der Waals surface area (Å²) in [6, 6.07) is 7.74. The molecule has 0 atom stereocenters. The summed E-state index contributed by atoms with van der Waals surface area (Å²) in [6.07, 6.45) is 4.88. The minimum atomic E-state index is 0. The molecule has 0 saturated carbocycles. The molecular formula is C15H25ClN2O. The summed E-state index contributed by atoms with van der Waals surface area (Å²) in [5, 5.41) is 7.85. The summed E-state index contributed by atoms with van der Waals surface area (Å²) in [5.41, 5.74) is 0.915. The van der Waals surface area contributed by atoms with Gasteiger partial charge in [0.05, 0.1) is 6.61 Å². The molecule has 3 nitrogen and oxygen atoms in total. The maximum atomic E-state index is 7.85. The minimum absolute atomic E-state index is 0. The van der Waals surface area contributed by atoms with Crippen molar-refractivity contribution in [2.75, 3.05) is 20.7 Å². The summed E-state index contributed by atoms with van der Waals surface area (Å²) in [4.78, 5) is 1.79. The van der Waals surface area contributed by atoms with E-state index in [1.54, 1.807) is 4.90 Å². The Morgan fingerprint density at radius 2 is 1.74 bits per heavy atom. The van der Waals surface area contributed by atoms with Crippen molar-refractivity contribution >= 4 is 18.2 Å². The molecule has 0 unspecified atom stereocenters. The highest BCUT2D eigenvalue weighted by Gasteiger charge is 2.03. The lowest BCUT2D eigenvalue weighted by atomic mass is 10.2. The highest BCUT2D eigenvalue weighted by atomic mass is 35.5. The van der Waals surface area contributed by atoms with E-state index in [0.29, 0.717) is 5.84 Å². The fourth-order valence-corrected chi connectivity index (χ4v) is 1.69. The second-order valence-electron chi connectivity index (χ2n) is 4.68. The van der Waals surface area contributed by atoms with Crippen LogP contribution in [0.25, 0.3) is 0 Å². The first-order valence-corrected chi connectivity index (χ1v) is 6.64. The number of amidine groups is 1. The Balaban J connectivity index is 0.00000324. The predicted octanol–water partition coefficient (Wildman–Crippen LogP) is 3.95. The summed E-state index contributed by atoms with van der Waals surface area (Å²) in [5.74, 6) is 1.41. The van der Waals surface area contributed by atoms with E-state index in [1.165, 1.54) is 19.3 Å². The third-order valence-electron chi connectivity index (χ3n) is 2.84. The maximum absolute atomic E-state index is 7.85. The Kier molecular flexibility index (Phi) is 9.06. The third kappa shape index (κ3) is 6.48. The van der Waals surface area contributed by atoms with Crippen LogP contribution in [0.3, 0.4) is 0 Å². The van der Waals surface area contributed by atoms with E-state index < -0.39 is 0 Å². The zero-order valence-electron chi connectivity index (χ0n) is 12.1. The van der Waals surface area contributed by atoms with Crippen LogP contribution in [0.2, 0.25) is 0 Å². The zero-order valence-corrected chi connectivity index (χ0v) is 12.9. The number of ether oxygens (including phenoxy) is 1. The molecule has 0 aromatic heterocycles. The van der Waals surface area contributed by atoms with E-state index in [-0.39, 0.29) is 12.4 Å². The van der Waals surface area contributed by atoms with Crippen molar-refractivity contribution in [3.63, 3.8) is 0 Å². The highest BCUT2D eigenvalue weighted by Crippen LogP contribution is 2.13. The number of halogens is 1. The monoisotopic (exact) mass is 284 g/mol. The van der Waals surface area contributed by atoms with Crippen LogP contribution < -0.4 is 4.74 Å². The van der Waals surface area contributed by atoms with Crippen LogP contribution in [0, 0.1) is 5.41 Å². The van der Waals surface area contributed by atoms with Crippen molar-refractivity contribution in [3.8, 4) is 5.75 Å². The third-order valence-corrected chi connectivity index (χ3v) is 2.84. The molecule has 0 spiro atoms. The number of hydrogen-bond acceptors (Lipinski definition) is 2. The first-order valence-electron chi connectivity index (χ1n) is 6.64. The predicted molar refractivity (Wildman–Crippen MR) is 83.8 cm³/mol. The number of nitrogens with one attached hydrogen (secondary N) is 1. The van der Waals surface area contributed by atoms with Gasteiger partial charge in [0.15, 0.2) is 0 Å². The Morgan fingerprint density at radius 1 is 1.11 bits per heavy atom. The molecule has 0 saturated heterocycles. The van der Waals surface area contributed by atoms with Gasteiger partial charge in [-0.2, -0.15) is 0 Å². The van der Waals surface area contributed by atoms with Crippen LogP contribution in [0.1, 0.15) is 38.2 Å². The van der Waals surface area contributed by atoms with Crippen LogP contribution in [-0.2, 0) is 0 Å². The standard InChI is InChI=1S/C15H24N2O.ClH/c1-4-5-6-7-12-18-14-10-8-13(9-11-14)15(16)17(2)3;/h8-11,16H,4-7,12H2,1-3H3;1H. The van der Waals surface area contributed by atoms with E-state index in [4.69, 9.17) is 10.1 Å². The van der Waals surface area contributed by atoms with E-state index >= 15 is 0 Å². The lowest BCUT2D eigenvalue weighted by Crippen LogP contribution is -2.21. The Bertz CT molecular complexity index is 363. The molecule has 108 valence electrons. The fourth-order valence-electron chi connectivity index (χ4n) is 1.69. The summed E-state index contributed by atoms with van der Waals surface area (Å²) in [7, 11) is 3.75. The Morgan fingerprint density at radius 3 is 2.26 bits per heavy atom. The molecule has 1 N–H and O–H groups in total. The Labute approximate surface area is 122 Å². The van der Waals surface area contributed by atoms with Crippen molar-refractivity contribution in [2.24, 2.45) is 0 Å². The number of nitrogens with zero attached hydrogens (tertiary/aromatic N) is 1. The van der Waals surface area contributed by atoms with Crippen molar-refractivity contribution in [1.82, 2.24) is 4.90 Å². The normalized spacial score (nSPS) is 9.63. The first-order chi connectivity index (χ1) is 8.65. The number of rotatable bonds is 7. The van der Waals surface area contributed by atoms with Gasteiger partial charge in [-0.25, -0.2) is 0 Å². The number of benzene rings is 1. The van der Waals surface area contributed by atoms with Gasteiger partial charge in [-0.3, -0.25) is 5.41 Å². The molecule has 1 rings (SSSR count). The van der Waals surface area contributed by atoms with Crippen molar-refractivity contribution in [2.45, 2.75) is 32.6 Å². The van der Waals surface area contributed by atoms with E-state index in [9.17, 15) is 0 Å². The molecule has 1 aromatic rings. The molecule has 0 aliphatic rings. The van der Waals surface area contributed by atoms with Crippen molar-refractivity contribution < 1.29 is 4.74 Å². The topological polar surface area (TPSA) is 36.3 Å². The van der Waals surface area contributed by atoms with Crippen LogP contribution >= 0.6 is 12.4 Å². The van der Waals surface area contributed by atoms with Gasteiger partial charge in [0.25, 0.3) is 0 Å². The highest BCUT2D eigenvalue weighted by molar-refractivity contribution is 5.96. The molecule has 0 amide bonds. The molecular weight excluding hydrogens is 260 g/mol. The first kappa shape index (κ1) is 17.8. The molecule has 0 fully saturated rings. The van der Waals surface area contributed by atoms with Gasteiger partial charge in [0.2, 0.25) is 0 Å². The lowest BCUT2D eigenvalue weighted by molar-refractivity contribution is 0.305. The average Bonchev–Trinajstić information content (AvgIpc) is 2.38. The van der Waals surface area contributed by atoms with Gasteiger partial charge in [-0.05, 0) is 30.7 Å². The summed E-state index contributed by atoms with van der Waals surface area (Å²) >= 11 is 0. The fraction of sp³-hybridized carbons (Fsp3) is 0.533. The molecule has 0 aliphatic heterocycles. The van der Waals surface area contributed by atoms with Gasteiger partial charge >= 0.3 is 0 Å². The van der Waals surface area contributed by atoms with Crippen LogP contribution in [0.5, 0.6) is 5.75 Å². The van der Waals surface area contributed by atoms with Crippen LogP contribution in [0.15, 0.2) is 24.3 Å². The molecule has 0 bridgehead atoms. The molecule has 0 heterocycles. The van der Waals surface area contributed by atoms with Gasteiger partial charge in [-0.15, -0.1) is 12.4 Å². The Hall–Kier alpha value is -1.22. The molecule has 19 heavy (non-hydrogen) atoms. The van der Waals surface area contributed by atoms with E-state index in [0.717, 1.165) is 24.3 Å². The van der Waals surface area contributed by atoms with E-state index in [2.05, 4.69) is 6.92 Å². The maximum Gasteiger partial charge on any atom is 0.127 e. The zero-order chi connectivity index (χ0) is 13.4. The largest absolute Gasteiger partial charge is 0.494 e. The molecule has 1 aromatic carbocycles. The lowest BCUT2D eigenvalue weighted by Gasteiger charge is -2.14. The van der Waals surface area contributed by atoms with Gasteiger partial charge < -0.3 is 9.64 Å². The van der Waals surface area contributed by atoms with Crippen molar-refractivity contribution in [1.29, 1.82) is 5.41 Å². The smallest absolute Gasteiger partial charge is 0.127 e. The quantitative estimate of drug-likeness (QED) is 0.467. The molecule has 0 radical (unpaired) electrons. The summed E-state index contributed by atoms with van der Waals surface area (Å²) in [6.45, 7) is 2.99. The second-order valence-corrected chi connectivity index (χ2v) is 4.68. The van der Waals surface area contributed by atoms with Crippen LogP contribution in [0.4, 0.5) is 0 Å².